The highest BCUT2D eigenvalue weighted by atomic mass is 35.5. The molecule has 2 atom stereocenters. The van der Waals surface area contributed by atoms with E-state index in [4.69, 9.17) is 4.52 Å². The van der Waals surface area contributed by atoms with Crippen LogP contribution in [-0.4, -0.2) is 23.2 Å². The molecule has 4 nitrogen and oxygen atoms in total. The number of hydrogen-bond donors (Lipinski definition) is 1. The van der Waals surface area contributed by atoms with Crippen molar-refractivity contribution in [2.24, 2.45) is 0 Å². The van der Waals surface area contributed by atoms with Crippen LogP contribution in [0.15, 0.2) is 33.7 Å². The average molecular weight is 328 g/mol. The first kappa shape index (κ1) is 18.0. The van der Waals surface area contributed by atoms with Crippen LogP contribution in [0, 0.1) is 6.92 Å². The molecule has 2 aromatic rings. The molecule has 0 saturated carbocycles. The fourth-order valence-corrected chi connectivity index (χ4v) is 2.66. The largest absolute Gasteiger partial charge is 0.338 e. The average Bonchev–Trinajstić information content (AvgIpc) is 2.89. The van der Waals surface area contributed by atoms with Crippen LogP contribution in [0.1, 0.15) is 36.4 Å². The molecule has 2 rings (SSSR count). The maximum atomic E-state index is 5.36. The summed E-state index contributed by atoms with van der Waals surface area (Å²) < 4.78 is 5.36. The minimum atomic E-state index is 0. The van der Waals surface area contributed by atoms with Gasteiger partial charge in [0.25, 0.3) is 0 Å². The summed E-state index contributed by atoms with van der Waals surface area (Å²) in [6, 6.07) is 8.82. The lowest BCUT2D eigenvalue weighted by molar-refractivity contribution is 0.373. The van der Waals surface area contributed by atoms with E-state index in [0.717, 1.165) is 12.2 Å². The summed E-state index contributed by atoms with van der Waals surface area (Å²) in [6.45, 7) is 6.27. The molecule has 0 aliphatic heterocycles. The fourth-order valence-electron chi connectivity index (χ4n) is 1.76. The van der Waals surface area contributed by atoms with Crippen molar-refractivity contribution in [2.45, 2.75) is 43.4 Å². The lowest BCUT2D eigenvalue weighted by atomic mass is 10.2. The van der Waals surface area contributed by atoms with Crippen LogP contribution >= 0.6 is 24.2 Å². The topological polar surface area (TPSA) is 51.0 Å². The van der Waals surface area contributed by atoms with Gasteiger partial charge in [0.05, 0.1) is 5.25 Å². The van der Waals surface area contributed by atoms with Crippen molar-refractivity contribution in [3.63, 3.8) is 0 Å². The fraction of sp³-hybridized carbons (Fsp3) is 0.467. The van der Waals surface area contributed by atoms with Gasteiger partial charge in [-0.2, -0.15) is 4.98 Å². The zero-order valence-electron chi connectivity index (χ0n) is 12.8. The molecular weight excluding hydrogens is 306 g/mol. The number of likely N-dealkylation sites (N-methyl/N-ethyl adjacent to an activating group) is 1. The Hall–Kier alpha value is -1.04. The molecule has 0 amide bonds. The first-order valence-electron chi connectivity index (χ1n) is 6.81. The molecule has 0 aliphatic carbocycles. The number of benzene rings is 1. The van der Waals surface area contributed by atoms with Crippen LogP contribution in [-0.2, 0) is 6.42 Å². The van der Waals surface area contributed by atoms with Gasteiger partial charge < -0.3 is 9.84 Å². The van der Waals surface area contributed by atoms with Crippen LogP contribution in [0.2, 0.25) is 0 Å². The Morgan fingerprint density at radius 3 is 2.52 bits per heavy atom. The van der Waals surface area contributed by atoms with E-state index < -0.39 is 0 Å². The number of hydrogen-bond acceptors (Lipinski definition) is 5. The first-order valence-corrected chi connectivity index (χ1v) is 7.69. The van der Waals surface area contributed by atoms with E-state index >= 15 is 0 Å². The number of nitrogens with zero attached hydrogens (tertiary/aromatic N) is 2. The van der Waals surface area contributed by atoms with Gasteiger partial charge in [-0.1, -0.05) is 22.9 Å². The molecule has 0 aliphatic rings. The third-order valence-electron chi connectivity index (χ3n) is 3.15. The molecule has 0 fully saturated rings. The smallest absolute Gasteiger partial charge is 0.239 e. The molecule has 21 heavy (non-hydrogen) atoms. The number of rotatable bonds is 6. The van der Waals surface area contributed by atoms with Gasteiger partial charge in [0, 0.05) is 17.4 Å². The van der Waals surface area contributed by atoms with Crippen LogP contribution in [0.5, 0.6) is 0 Å². The predicted molar refractivity (Wildman–Crippen MR) is 89.2 cm³/mol. The van der Waals surface area contributed by atoms with E-state index in [-0.39, 0.29) is 17.7 Å². The van der Waals surface area contributed by atoms with Crippen molar-refractivity contribution in [2.75, 3.05) is 7.05 Å². The van der Waals surface area contributed by atoms with Crippen LogP contribution in [0.3, 0.4) is 0 Å². The lowest BCUT2D eigenvalue weighted by Crippen LogP contribution is -2.24. The quantitative estimate of drug-likeness (QED) is 0.818. The summed E-state index contributed by atoms with van der Waals surface area (Å²) in [5.74, 6) is 1.45. The Bertz CT molecular complexity index is 544. The molecule has 116 valence electrons. The summed E-state index contributed by atoms with van der Waals surface area (Å²) in [4.78, 5) is 5.69. The second-order valence-corrected chi connectivity index (χ2v) is 6.43. The summed E-state index contributed by atoms with van der Waals surface area (Å²) in [5, 5.41) is 7.37. The van der Waals surface area contributed by atoms with Crippen molar-refractivity contribution in [3.8, 4) is 0 Å². The van der Waals surface area contributed by atoms with Crippen molar-refractivity contribution in [1.82, 2.24) is 15.5 Å². The Kier molecular flexibility index (Phi) is 7.22. The summed E-state index contributed by atoms with van der Waals surface area (Å²) >= 11 is 1.73. The lowest BCUT2D eigenvalue weighted by Gasteiger charge is -2.07. The minimum Gasteiger partial charge on any atom is -0.338 e. The van der Waals surface area contributed by atoms with E-state index in [9.17, 15) is 0 Å². The number of aromatic nitrogens is 2. The zero-order chi connectivity index (χ0) is 14.5. The van der Waals surface area contributed by atoms with Crippen molar-refractivity contribution >= 4 is 24.2 Å². The van der Waals surface area contributed by atoms with Crippen molar-refractivity contribution in [1.29, 1.82) is 0 Å². The van der Waals surface area contributed by atoms with E-state index in [1.54, 1.807) is 11.8 Å². The molecule has 0 spiro atoms. The Morgan fingerprint density at radius 1 is 1.24 bits per heavy atom. The first-order chi connectivity index (χ1) is 9.58. The monoisotopic (exact) mass is 327 g/mol. The van der Waals surface area contributed by atoms with Crippen LogP contribution in [0.25, 0.3) is 0 Å². The second kappa shape index (κ2) is 8.41. The Morgan fingerprint density at radius 2 is 1.90 bits per heavy atom. The van der Waals surface area contributed by atoms with Gasteiger partial charge in [0.1, 0.15) is 0 Å². The molecule has 0 radical (unpaired) electrons. The minimum absolute atomic E-state index is 0. The summed E-state index contributed by atoms with van der Waals surface area (Å²) in [7, 11) is 1.93. The standard InChI is InChI=1S/C15H21N3OS.ClH/c1-10-5-7-13(8-6-10)20-12(3)15-17-14(18-19-15)9-11(2)16-4;/h5-8,11-12,16H,9H2,1-4H3;1H. The number of aryl methyl sites for hydroxylation is 1. The van der Waals surface area contributed by atoms with Gasteiger partial charge in [-0.15, -0.1) is 24.2 Å². The highest BCUT2D eigenvalue weighted by Crippen LogP contribution is 2.33. The third kappa shape index (κ3) is 5.34. The summed E-state index contributed by atoms with van der Waals surface area (Å²) in [6.07, 6.45) is 0.780. The van der Waals surface area contributed by atoms with Crippen molar-refractivity contribution < 1.29 is 4.52 Å². The molecule has 0 bridgehead atoms. The Balaban J connectivity index is 0.00000220. The van der Waals surface area contributed by atoms with Crippen LogP contribution in [0.4, 0.5) is 0 Å². The van der Waals surface area contributed by atoms with Gasteiger partial charge in [-0.05, 0) is 40.0 Å². The van der Waals surface area contributed by atoms with Gasteiger partial charge in [-0.25, -0.2) is 0 Å². The number of nitrogens with one attached hydrogen (secondary N) is 1. The molecule has 1 aromatic carbocycles. The maximum absolute atomic E-state index is 5.36. The molecule has 0 saturated heterocycles. The number of halogens is 1. The molecule has 6 heteroatoms. The molecule has 1 aromatic heterocycles. The van der Waals surface area contributed by atoms with E-state index in [0.29, 0.717) is 11.9 Å². The Labute approximate surface area is 136 Å². The highest BCUT2D eigenvalue weighted by Gasteiger charge is 2.16. The summed E-state index contributed by atoms with van der Waals surface area (Å²) in [5.41, 5.74) is 1.27. The third-order valence-corrected chi connectivity index (χ3v) is 4.25. The van der Waals surface area contributed by atoms with Crippen molar-refractivity contribution in [3.05, 3.63) is 41.5 Å². The van der Waals surface area contributed by atoms with Gasteiger partial charge in [0.2, 0.25) is 5.89 Å². The SMILES string of the molecule is CNC(C)Cc1noc(C(C)Sc2ccc(C)cc2)n1.Cl. The van der Waals surface area contributed by atoms with Gasteiger partial charge in [-0.3, -0.25) is 0 Å². The van der Waals surface area contributed by atoms with Gasteiger partial charge in [0.15, 0.2) is 5.82 Å². The molecule has 1 N–H and O–H groups in total. The molecule has 1 heterocycles. The molecule has 2 unspecified atom stereocenters. The second-order valence-electron chi connectivity index (χ2n) is 5.02. The van der Waals surface area contributed by atoms with Gasteiger partial charge >= 0.3 is 0 Å². The van der Waals surface area contributed by atoms with Crippen LogP contribution < -0.4 is 5.32 Å². The number of thioether (sulfide) groups is 1. The zero-order valence-corrected chi connectivity index (χ0v) is 14.4. The van der Waals surface area contributed by atoms with E-state index in [1.165, 1.54) is 10.5 Å². The van der Waals surface area contributed by atoms with E-state index in [2.05, 4.69) is 60.5 Å². The molecular formula is C15H22ClN3OS. The maximum Gasteiger partial charge on any atom is 0.239 e. The predicted octanol–water partition coefficient (Wildman–Crippen LogP) is 3.80. The highest BCUT2D eigenvalue weighted by molar-refractivity contribution is 7.99. The normalized spacial score (nSPS) is 13.5. The van der Waals surface area contributed by atoms with E-state index in [1.807, 2.05) is 7.05 Å².